The van der Waals surface area contributed by atoms with Gasteiger partial charge in [-0.1, -0.05) is 12.1 Å². The third-order valence-electron chi connectivity index (χ3n) is 6.74. The molecule has 6 nitrogen and oxygen atoms in total. The van der Waals surface area contributed by atoms with Crippen LogP contribution in [0.25, 0.3) is 28.3 Å². The van der Waals surface area contributed by atoms with Crippen LogP contribution in [0.3, 0.4) is 0 Å². The van der Waals surface area contributed by atoms with Crippen molar-refractivity contribution in [2.45, 2.75) is 19.0 Å². The van der Waals surface area contributed by atoms with Crippen LogP contribution in [0.1, 0.15) is 17.5 Å². The number of nitrogens with one attached hydrogen (secondary N) is 1. The van der Waals surface area contributed by atoms with Crippen LogP contribution in [0.15, 0.2) is 67.1 Å². The van der Waals surface area contributed by atoms with Gasteiger partial charge in [0.25, 0.3) is 0 Å². The van der Waals surface area contributed by atoms with Crippen molar-refractivity contribution in [3.63, 3.8) is 0 Å². The van der Waals surface area contributed by atoms with Crippen molar-refractivity contribution in [3.05, 3.63) is 78.2 Å². The number of nitriles is 1. The molecule has 1 saturated heterocycles. The van der Waals surface area contributed by atoms with Crippen molar-refractivity contribution in [2.75, 3.05) is 25.0 Å². The van der Waals surface area contributed by atoms with E-state index >= 15 is 0 Å². The summed E-state index contributed by atoms with van der Waals surface area (Å²) in [6.07, 6.45) is 7.29. The summed E-state index contributed by atoms with van der Waals surface area (Å²) in [4.78, 5) is 7.16. The first-order valence-electron chi connectivity index (χ1n) is 11.0. The fraction of sp³-hybridized carbons (Fsp3) is 0.231. The molecular formula is C26H24N6. The van der Waals surface area contributed by atoms with Crippen molar-refractivity contribution in [1.82, 2.24) is 19.4 Å². The minimum absolute atomic E-state index is 0.556. The molecule has 1 atom stereocenters. The largest absolute Gasteiger partial charge is 0.370 e. The topological polar surface area (TPSA) is 61.8 Å². The second kappa shape index (κ2) is 7.40. The van der Waals surface area contributed by atoms with Crippen molar-refractivity contribution >= 4 is 5.69 Å². The lowest BCUT2D eigenvalue weighted by molar-refractivity contribution is 0.617. The SMILES string of the molecule is CN[C@H]1CCN(c2ccc3c(c2)Cn2cc(-c4ccc(C#N)cc4)cc2-c2nccn2-3)C1. The second-order valence-electron chi connectivity index (χ2n) is 8.59. The first-order chi connectivity index (χ1) is 15.7. The Morgan fingerprint density at radius 3 is 2.75 bits per heavy atom. The summed E-state index contributed by atoms with van der Waals surface area (Å²) in [7, 11) is 2.05. The summed E-state index contributed by atoms with van der Waals surface area (Å²) in [5.41, 5.74) is 7.77. The molecule has 0 spiro atoms. The molecule has 2 aromatic heterocycles. The Morgan fingerprint density at radius 2 is 1.97 bits per heavy atom. The molecule has 0 unspecified atom stereocenters. The zero-order valence-corrected chi connectivity index (χ0v) is 18.0. The maximum atomic E-state index is 9.10. The van der Waals surface area contributed by atoms with Crippen molar-refractivity contribution < 1.29 is 0 Å². The van der Waals surface area contributed by atoms with Gasteiger partial charge in [0.05, 0.1) is 23.0 Å². The zero-order chi connectivity index (χ0) is 21.7. The van der Waals surface area contributed by atoms with Gasteiger partial charge in [-0.3, -0.25) is 4.57 Å². The van der Waals surface area contributed by atoms with Crippen LogP contribution in [0.4, 0.5) is 5.69 Å². The number of benzene rings is 2. The number of rotatable bonds is 3. The quantitative estimate of drug-likeness (QED) is 0.479. The lowest BCUT2D eigenvalue weighted by Gasteiger charge is -2.21. The molecule has 0 amide bonds. The Morgan fingerprint density at radius 1 is 1.09 bits per heavy atom. The Kier molecular flexibility index (Phi) is 4.37. The molecule has 0 radical (unpaired) electrons. The van der Waals surface area contributed by atoms with Gasteiger partial charge in [0.15, 0.2) is 5.82 Å². The van der Waals surface area contributed by atoms with E-state index < -0.39 is 0 Å². The van der Waals surface area contributed by atoms with Crippen LogP contribution in [0, 0.1) is 11.3 Å². The monoisotopic (exact) mass is 420 g/mol. The molecular weight excluding hydrogens is 396 g/mol. The first kappa shape index (κ1) is 18.9. The zero-order valence-electron chi connectivity index (χ0n) is 18.0. The van der Waals surface area contributed by atoms with Gasteiger partial charge in [-0.25, -0.2) is 4.98 Å². The molecule has 2 aliphatic rings. The van der Waals surface area contributed by atoms with Crippen LogP contribution in [0.5, 0.6) is 0 Å². The molecule has 0 aliphatic carbocycles. The molecule has 32 heavy (non-hydrogen) atoms. The van der Waals surface area contributed by atoms with Gasteiger partial charge in [-0.05, 0) is 61.0 Å². The molecule has 1 fully saturated rings. The van der Waals surface area contributed by atoms with Crippen LogP contribution in [-0.2, 0) is 6.54 Å². The number of anilines is 1. The standard InChI is InChI=1S/C26H24N6/c1-28-22-8-10-30(17-22)23-6-7-24-21(12-23)16-31-15-20(19-4-2-18(14-27)3-5-19)13-25(31)26-29-9-11-32(24)26/h2-7,9,11-13,15,22,28H,8,10,16-17H2,1H3/t22-/m0/s1. The van der Waals surface area contributed by atoms with Crippen molar-refractivity contribution in [2.24, 2.45) is 0 Å². The van der Waals surface area contributed by atoms with E-state index in [0.717, 1.165) is 42.3 Å². The predicted octanol–water partition coefficient (Wildman–Crippen LogP) is 4.04. The second-order valence-corrected chi connectivity index (χ2v) is 8.59. The molecule has 4 heterocycles. The molecule has 1 N–H and O–H groups in total. The van der Waals surface area contributed by atoms with Crippen LogP contribution >= 0.6 is 0 Å². The summed E-state index contributed by atoms with van der Waals surface area (Å²) < 4.78 is 4.49. The third-order valence-corrected chi connectivity index (χ3v) is 6.74. The molecule has 0 saturated carbocycles. The van der Waals surface area contributed by atoms with Crippen LogP contribution < -0.4 is 10.2 Å². The highest BCUT2D eigenvalue weighted by Gasteiger charge is 2.24. The van der Waals surface area contributed by atoms with E-state index in [4.69, 9.17) is 10.2 Å². The highest BCUT2D eigenvalue weighted by Crippen LogP contribution is 2.35. The van der Waals surface area contributed by atoms with Crippen LogP contribution in [0.2, 0.25) is 0 Å². The van der Waals surface area contributed by atoms with Gasteiger partial charge in [0.1, 0.15) is 0 Å². The third kappa shape index (κ3) is 3.02. The van der Waals surface area contributed by atoms with Gasteiger partial charge < -0.3 is 14.8 Å². The number of hydrogen-bond donors (Lipinski definition) is 1. The molecule has 158 valence electrons. The smallest absolute Gasteiger partial charge is 0.161 e. The molecule has 2 aromatic carbocycles. The number of aromatic nitrogens is 3. The van der Waals surface area contributed by atoms with E-state index in [9.17, 15) is 0 Å². The fourth-order valence-electron chi connectivity index (χ4n) is 4.96. The minimum Gasteiger partial charge on any atom is -0.370 e. The summed E-state index contributed by atoms with van der Waals surface area (Å²) in [5, 5.41) is 12.5. The maximum absolute atomic E-state index is 9.10. The van der Waals surface area contributed by atoms with E-state index in [1.165, 1.54) is 23.4 Å². The van der Waals surface area contributed by atoms with Gasteiger partial charge in [0.2, 0.25) is 0 Å². The average Bonchev–Trinajstić information content (AvgIpc) is 3.57. The van der Waals surface area contributed by atoms with Crippen molar-refractivity contribution in [3.8, 4) is 34.4 Å². The van der Waals surface area contributed by atoms with Gasteiger partial charge in [-0.2, -0.15) is 5.26 Å². The summed E-state index contributed by atoms with van der Waals surface area (Å²) in [6, 6.07) is 19.5. The normalized spacial score (nSPS) is 16.8. The van der Waals surface area contributed by atoms with E-state index in [-0.39, 0.29) is 0 Å². The lowest BCUT2D eigenvalue weighted by Crippen LogP contribution is -2.29. The van der Waals surface area contributed by atoms with Gasteiger partial charge in [0, 0.05) is 55.5 Å². The number of hydrogen-bond acceptors (Lipinski definition) is 4. The van der Waals surface area contributed by atoms with Crippen LogP contribution in [-0.4, -0.2) is 40.3 Å². The number of fused-ring (bicyclic) bond motifs is 5. The number of likely N-dealkylation sites (N-methyl/N-ethyl adjacent to an activating group) is 1. The Balaban J connectivity index is 1.42. The lowest BCUT2D eigenvalue weighted by atomic mass is 10.1. The molecule has 4 aromatic rings. The summed E-state index contributed by atoms with van der Waals surface area (Å²) in [5.74, 6) is 0.952. The van der Waals surface area contributed by atoms with Gasteiger partial charge in [-0.15, -0.1) is 0 Å². The predicted molar refractivity (Wildman–Crippen MR) is 126 cm³/mol. The Labute approximate surface area is 187 Å². The molecule has 6 rings (SSSR count). The average molecular weight is 421 g/mol. The first-order valence-corrected chi connectivity index (χ1v) is 11.0. The van der Waals surface area contributed by atoms with Gasteiger partial charge >= 0.3 is 0 Å². The fourth-order valence-corrected chi connectivity index (χ4v) is 4.96. The number of nitrogens with zero attached hydrogens (tertiary/aromatic N) is 5. The highest BCUT2D eigenvalue weighted by atomic mass is 15.2. The maximum Gasteiger partial charge on any atom is 0.161 e. The molecule has 6 heteroatoms. The molecule has 2 aliphatic heterocycles. The summed E-state index contributed by atoms with van der Waals surface area (Å²) >= 11 is 0. The van der Waals surface area contributed by atoms with Crippen molar-refractivity contribution in [1.29, 1.82) is 5.26 Å². The number of imidazole rings is 1. The van der Waals surface area contributed by atoms with E-state index in [2.05, 4.69) is 55.9 Å². The Bertz CT molecular complexity index is 1340. The van der Waals surface area contributed by atoms with E-state index in [1.54, 1.807) is 0 Å². The minimum atomic E-state index is 0.556. The summed E-state index contributed by atoms with van der Waals surface area (Å²) in [6.45, 7) is 2.92. The highest BCUT2D eigenvalue weighted by molar-refractivity contribution is 5.72. The van der Waals surface area contributed by atoms with E-state index in [1.807, 2.05) is 43.7 Å². The Hall–Kier alpha value is -3.82. The molecule has 0 bridgehead atoms. The van der Waals surface area contributed by atoms with E-state index in [0.29, 0.717) is 11.6 Å².